The minimum atomic E-state index is -1.06. The van der Waals surface area contributed by atoms with Crippen molar-refractivity contribution in [3.8, 4) is 11.5 Å². The minimum absolute atomic E-state index is 0.100. The fraction of sp³-hybridized carbons (Fsp3) is 0.160. The molecular formula is C25H23N3O4S. The number of nitrogens with one attached hydrogen (secondary N) is 1. The average Bonchev–Trinajstić information content (AvgIpc) is 3.30. The monoisotopic (exact) mass is 461 g/mol. The molecule has 168 valence electrons. The largest absolute Gasteiger partial charge is 0.493 e. The van der Waals surface area contributed by atoms with Crippen LogP contribution < -0.4 is 9.47 Å². The lowest BCUT2D eigenvalue weighted by atomic mass is 10.1. The first-order chi connectivity index (χ1) is 16.1. The standard InChI is InChI=1S/C25H23N3O4S/c1-3-23-26-25(28-27-23)33-22(24(29)30)14-16-11-12-20(21(13-16)31-2)32-15-18-9-6-8-17-7-4-5-10-19(17)18/h4-14H,3,15H2,1-2H3,(H,29,30)(H,26,27,28)/b22-14-. The molecule has 0 radical (unpaired) electrons. The molecule has 0 aliphatic rings. The number of benzene rings is 3. The first-order valence-corrected chi connectivity index (χ1v) is 11.2. The maximum atomic E-state index is 11.8. The van der Waals surface area contributed by atoms with Crippen LogP contribution in [0.25, 0.3) is 16.8 Å². The van der Waals surface area contributed by atoms with Gasteiger partial charge in [0.05, 0.1) is 7.11 Å². The Morgan fingerprint density at radius 2 is 1.94 bits per heavy atom. The van der Waals surface area contributed by atoms with Crippen LogP contribution in [-0.2, 0) is 17.8 Å². The zero-order valence-electron chi connectivity index (χ0n) is 18.2. The summed E-state index contributed by atoms with van der Waals surface area (Å²) in [6.07, 6.45) is 2.25. The Balaban J connectivity index is 1.54. The van der Waals surface area contributed by atoms with E-state index in [1.54, 1.807) is 31.4 Å². The van der Waals surface area contributed by atoms with Crippen LogP contribution in [0.15, 0.2) is 70.7 Å². The van der Waals surface area contributed by atoms with Crippen LogP contribution in [0.5, 0.6) is 11.5 Å². The second-order valence-corrected chi connectivity index (χ2v) is 8.18. The number of carbonyl (C=O) groups is 1. The molecule has 4 aromatic rings. The number of aliphatic carboxylic acids is 1. The zero-order chi connectivity index (χ0) is 23.2. The van der Waals surface area contributed by atoms with Gasteiger partial charge in [0.1, 0.15) is 17.3 Å². The van der Waals surface area contributed by atoms with E-state index in [-0.39, 0.29) is 4.91 Å². The van der Waals surface area contributed by atoms with Gasteiger partial charge >= 0.3 is 5.97 Å². The molecule has 8 heteroatoms. The van der Waals surface area contributed by atoms with Crippen LogP contribution in [0.2, 0.25) is 0 Å². The zero-order valence-corrected chi connectivity index (χ0v) is 19.1. The van der Waals surface area contributed by atoms with Crippen LogP contribution in [0.3, 0.4) is 0 Å². The minimum Gasteiger partial charge on any atom is -0.493 e. The summed E-state index contributed by atoms with van der Waals surface area (Å²) in [6.45, 7) is 2.33. The number of fused-ring (bicyclic) bond motifs is 1. The highest BCUT2D eigenvalue weighted by Gasteiger charge is 2.14. The van der Waals surface area contributed by atoms with Gasteiger partial charge in [-0.2, -0.15) is 0 Å². The first-order valence-electron chi connectivity index (χ1n) is 10.4. The summed E-state index contributed by atoms with van der Waals surface area (Å²) >= 11 is 0.990. The smallest absolute Gasteiger partial charge is 0.342 e. The third-order valence-corrected chi connectivity index (χ3v) is 5.88. The van der Waals surface area contributed by atoms with Crippen LogP contribution in [0, 0.1) is 0 Å². The Kier molecular flexibility index (Phi) is 6.95. The molecule has 0 spiro atoms. The first kappa shape index (κ1) is 22.4. The number of aromatic nitrogens is 3. The molecule has 7 nitrogen and oxygen atoms in total. The number of thioether (sulfide) groups is 1. The third kappa shape index (κ3) is 5.35. The highest BCUT2D eigenvalue weighted by molar-refractivity contribution is 8.04. The maximum Gasteiger partial charge on any atom is 0.342 e. The van der Waals surface area contributed by atoms with E-state index in [0.717, 1.165) is 28.1 Å². The predicted molar refractivity (Wildman–Crippen MR) is 129 cm³/mol. The lowest BCUT2D eigenvalue weighted by molar-refractivity contribution is -0.131. The van der Waals surface area contributed by atoms with E-state index in [1.165, 1.54) is 0 Å². The Morgan fingerprint density at radius 1 is 1.12 bits per heavy atom. The van der Waals surface area contributed by atoms with E-state index in [1.807, 2.05) is 31.2 Å². The average molecular weight is 462 g/mol. The van der Waals surface area contributed by atoms with Gasteiger partial charge in [-0.1, -0.05) is 55.5 Å². The molecule has 0 atom stereocenters. The summed E-state index contributed by atoms with van der Waals surface area (Å²) in [7, 11) is 1.56. The van der Waals surface area contributed by atoms with E-state index >= 15 is 0 Å². The van der Waals surface area contributed by atoms with Gasteiger partial charge in [0, 0.05) is 6.42 Å². The lowest BCUT2D eigenvalue weighted by Gasteiger charge is -2.13. The molecule has 0 aliphatic heterocycles. The quantitative estimate of drug-likeness (QED) is 0.257. The van der Waals surface area contributed by atoms with Crippen LogP contribution in [0.4, 0.5) is 0 Å². The fourth-order valence-corrected chi connectivity index (χ4v) is 4.06. The van der Waals surface area contributed by atoms with Crippen molar-refractivity contribution in [1.29, 1.82) is 0 Å². The van der Waals surface area contributed by atoms with Crippen molar-refractivity contribution in [3.63, 3.8) is 0 Å². The number of hydrogen-bond donors (Lipinski definition) is 2. The molecule has 0 saturated carbocycles. The Hall–Kier alpha value is -3.78. The highest BCUT2D eigenvalue weighted by atomic mass is 32.2. The van der Waals surface area contributed by atoms with Gasteiger partial charge in [0.2, 0.25) is 5.16 Å². The molecule has 1 aromatic heterocycles. The molecule has 2 N–H and O–H groups in total. The second kappa shape index (κ2) is 10.2. The van der Waals surface area contributed by atoms with Gasteiger partial charge in [-0.3, -0.25) is 5.10 Å². The van der Waals surface area contributed by atoms with Gasteiger partial charge in [0.25, 0.3) is 0 Å². The summed E-state index contributed by atoms with van der Waals surface area (Å²) in [5, 5.41) is 19.1. The number of H-pyrrole nitrogens is 1. The second-order valence-electron chi connectivity index (χ2n) is 7.17. The predicted octanol–water partition coefficient (Wildman–Crippen LogP) is 5.33. The summed E-state index contributed by atoms with van der Waals surface area (Å²) < 4.78 is 11.6. The summed E-state index contributed by atoms with van der Waals surface area (Å²) in [4.78, 5) is 16.1. The molecule has 0 aliphatic carbocycles. The number of ether oxygens (including phenoxy) is 2. The van der Waals surface area contributed by atoms with Gasteiger partial charge in [-0.05, 0) is 51.9 Å². The third-order valence-electron chi connectivity index (χ3n) is 5.01. The number of methoxy groups -OCH3 is 1. The van der Waals surface area contributed by atoms with Crippen molar-refractivity contribution in [2.75, 3.05) is 7.11 Å². The van der Waals surface area contributed by atoms with Crippen molar-refractivity contribution in [2.24, 2.45) is 0 Å². The van der Waals surface area contributed by atoms with Crippen molar-refractivity contribution >= 4 is 34.6 Å². The number of nitrogens with zero attached hydrogens (tertiary/aromatic N) is 2. The van der Waals surface area contributed by atoms with E-state index in [9.17, 15) is 9.90 Å². The van der Waals surface area contributed by atoms with E-state index in [0.29, 0.717) is 41.1 Å². The summed E-state index contributed by atoms with van der Waals surface area (Å²) in [5.41, 5.74) is 1.74. The van der Waals surface area contributed by atoms with Crippen molar-refractivity contribution < 1.29 is 19.4 Å². The Morgan fingerprint density at radius 3 is 2.70 bits per heavy atom. The van der Waals surface area contributed by atoms with Crippen LogP contribution in [-0.4, -0.2) is 33.4 Å². The Labute approximate surface area is 195 Å². The fourth-order valence-electron chi connectivity index (χ4n) is 3.33. The lowest BCUT2D eigenvalue weighted by Crippen LogP contribution is -1.99. The van der Waals surface area contributed by atoms with Crippen molar-refractivity contribution in [2.45, 2.75) is 25.1 Å². The number of rotatable bonds is 9. The van der Waals surface area contributed by atoms with Crippen molar-refractivity contribution in [3.05, 3.63) is 82.5 Å². The molecule has 4 rings (SSSR count). The molecule has 0 unspecified atom stereocenters. The molecule has 3 aromatic carbocycles. The molecule has 0 fully saturated rings. The molecular weight excluding hydrogens is 438 g/mol. The summed E-state index contributed by atoms with van der Waals surface area (Å²) in [5.74, 6) is 0.744. The van der Waals surface area contributed by atoms with E-state index < -0.39 is 5.97 Å². The van der Waals surface area contributed by atoms with Crippen molar-refractivity contribution in [1.82, 2.24) is 15.2 Å². The molecule has 0 amide bonds. The van der Waals surface area contributed by atoms with Gasteiger partial charge in [-0.25, -0.2) is 9.78 Å². The Bertz CT molecular complexity index is 1310. The van der Waals surface area contributed by atoms with Gasteiger partial charge in [-0.15, -0.1) is 5.10 Å². The van der Waals surface area contributed by atoms with Gasteiger partial charge < -0.3 is 14.6 Å². The molecule has 1 heterocycles. The number of carboxylic acids is 1. The molecule has 0 saturated heterocycles. The molecule has 0 bridgehead atoms. The number of carboxylic acid groups (broad SMARTS) is 1. The SMILES string of the molecule is CCc1nc(S/C(=C\c2ccc(OCc3cccc4ccccc34)c(OC)c2)C(=O)O)n[nH]1. The molecule has 33 heavy (non-hydrogen) atoms. The number of aryl methyl sites for hydroxylation is 1. The van der Waals surface area contributed by atoms with E-state index in [2.05, 4.69) is 33.4 Å². The van der Waals surface area contributed by atoms with Crippen LogP contribution >= 0.6 is 11.8 Å². The van der Waals surface area contributed by atoms with Crippen LogP contribution in [0.1, 0.15) is 23.9 Å². The van der Waals surface area contributed by atoms with E-state index in [4.69, 9.17) is 9.47 Å². The highest BCUT2D eigenvalue weighted by Crippen LogP contribution is 2.32. The number of aromatic amines is 1. The van der Waals surface area contributed by atoms with Gasteiger partial charge in [0.15, 0.2) is 11.5 Å². The topological polar surface area (TPSA) is 97.3 Å². The summed E-state index contributed by atoms with van der Waals surface area (Å²) in [6, 6.07) is 19.6. The maximum absolute atomic E-state index is 11.8. The normalized spacial score (nSPS) is 11.5. The number of hydrogen-bond acceptors (Lipinski definition) is 6.